The van der Waals surface area contributed by atoms with Gasteiger partial charge in [0.05, 0.1) is 15.2 Å². The number of ether oxygens (including phenoxy) is 2. The van der Waals surface area contributed by atoms with Crippen LogP contribution in [0.1, 0.15) is 43.2 Å². The van der Waals surface area contributed by atoms with Gasteiger partial charge < -0.3 is 14.4 Å². The minimum Gasteiger partial charge on any atom is -0.483 e. The van der Waals surface area contributed by atoms with Crippen LogP contribution in [0.5, 0.6) is 11.5 Å². The molecule has 0 saturated carbocycles. The zero-order valence-corrected chi connectivity index (χ0v) is 18.2. The molecule has 1 fully saturated rings. The number of hydrogen-bond donors (Lipinski definition) is 0. The van der Waals surface area contributed by atoms with Crippen molar-refractivity contribution in [2.24, 2.45) is 0 Å². The molecule has 0 bridgehead atoms. The first-order valence-corrected chi connectivity index (χ1v) is 11.4. The van der Waals surface area contributed by atoms with Crippen LogP contribution in [0.25, 0.3) is 10.2 Å². The van der Waals surface area contributed by atoms with Crippen molar-refractivity contribution >= 4 is 27.5 Å². The number of benzene rings is 2. The van der Waals surface area contributed by atoms with Gasteiger partial charge >= 0.3 is 0 Å². The van der Waals surface area contributed by atoms with Crippen molar-refractivity contribution in [3.05, 3.63) is 53.0 Å². The van der Waals surface area contributed by atoms with E-state index in [1.807, 2.05) is 29.2 Å². The molecule has 5 nitrogen and oxygen atoms in total. The van der Waals surface area contributed by atoms with Crippen LogP contribution in [-0.2, 0) is 11.2 Å². The van der Waals surface area contributed by atoms with Crippen LogP contribution in [-0.4, -0.2) is 41.1 Å². The standard InChI is InChI=1S/C24H26N2O3S/c1-24(2)13-16-7-5-10-19(22(16)29-24)28-15-21(27)26-12-6-8-17(14-26)23-25-18-9-3-4-11-20(18)30-23/h3-5,7,9-11,17H,6,8,12-15H2,1-2H3/t17-/m1/s1. The van der Waals surface area contributed by atoms with E-state index >= 15 is 0 Å². The molecule has 3 heterocycles. The number of thiazole rings is 1. The Bertz CT molecular complexity index is 1060. The second-order valence-corrected chi connectivity index (χ2v) is 9.83. The molecule has 30 heavy (non-hydrogen) atoms. The highest BCUT2D eigenvalue weighted by Crippen LogP contribution is 2.41. The van der Waals surface area contributed by atoms with E-state index in [2.05, 4.69) is 32.0 Å². The van der Waals surface area contributed by atoms with Crippen LogP contribution in [0.2, 0.25) is 0 Å². The molecule has 1 atom stereocenters. The lowest BCUT2D eigenvalue weighted by Gasteiger charge is -2.31. The fourth-order valence-corrected chi connectivity index (χ4v) is 5.49. The van der Waals surface area contributed by atoms with Gasteiger partial charge in [-0.2, -0.15) is 0 Å². The van der Waals surface area contributed by atoms with Crippen LogP contribution in [0, 0.1) is 0 Å². The van der Waals surface area contributed by atoms with E-state index in [9.17, 15) is 4.79 Å². The Kier molecular flexibility index (Phi) is 4.89. The summed E-state index contributed by atoms with van der Waals surface area (Å²) in [5.74, 6) is 1.76. The normalized spacial score (nSPS) is 20.1. The highest BCUT2D eigenvalue weighted by Gasteiger charge is 2.33. The second kappa shape index (κ2) is 7.58. The molecule has 3 aromatic rings. The Morgan fingerprint density at radius 1 is 1.27 bits per heavy atom. The van der Waals surface area contributed by atoms with E-state index in [4.69, 9.17) is 14.5 Å². The first kappa shape index (κ1) is 19.4. The molecule has 6 heteroatoms. The van der Waals surface area contributed by atoms with Crippen molar-refractivity contribution in [1.82, 2.24) is 9.88 Å². The van der Waals surface area contributed by atoms with Gasteiger partial charge in [-0.3, -0.25) is 4.79 Å². The topological polar surface area (TPSA) is 51.7 Å². The lowest BCUT2D eigenvalue weighted by molar-refractivity contribution is -0.134. The van der Waals surface area contributed by atoms with E-state index in [0.717, 1.165) is 47.6 Å². The zero-order valence-electron chi connectivity index (χ0n) is 17.4. The van der Waals surface area contributed by atoms with Gasteiger partial charge in [0.1, 0.15) is 5.60 Å². The summed E-state index contributed by atoms with van der Waals surface area (Å²) in [4.78, 5) is 19.6. The summed E-state index contributed by atoms with van der Waals surface area (Å²) in [6.45, 7) is 5.65. The smallest absolute Gasteiger partial charge is 0.260 e. The maximum Gasteiger partial charge on any atom is 0.260 e. The SMILES string of the molecule is CC1(C)Cc2cccc(OCC(=O)N3CCC[C@@H](c4nc5ccccc5s4)C3)c2O1. The van der Waals surface area contributed by atoms with E-state index in [-0.39, 0.29) is 18.1 Å². The molecule has 0 aliphatic carbocycles. The second-order valence-electron chi connectivity index (χ2n) is 8.77. The summed E-state index contributed by atoms with van der Waals surface area (Å²) in [5, 5.41) is 1.13. The Morgan fingerprint density at radius 3 is 3.00 bits per heavy atom. The third kappa shape index (κ3) is 3.76. The fourth-order valence-electron chi connectivity index (χ4n) is 4.40. The number of rotatable bonds is 4. The molecule has 156 valence electrons. The molecular formula is C24H26N2O3S. The Hall–Kier alpha value is -2.60. The average Bonchev–Trinajstić information content (AvgIpc) is 3.31. The van der Waals surface area contributed by atoms with Crippen LogP contribution >= 0.6 is 11.3 Å². The maximum absolute atomic E-state index is 12.9. The van der Waals surface area contributed by atoms with Crippen molar-refractivity contribution in [3.63, 3.8) is 0 Å². The number of hydrogen-bond acceptors (Lipinski definition) is 5. The minimum atomic E-state index is -0.233. The lowest BCUT2D eigenvalue weighted by Crippen LogP contribution is -2.41. The molecule has 2 aliphatic heterocycles. The van der Waals surface area contributed by atoms with Crippen LogP contribution in [0.4, 0.5) is 0 Å². The van der Waals surface area contributed by atoms with Gasteiger partial charge in [-0.15, -0.1) is 11.3 Å². The number of carbonyl (C=O) groups is 1. The number of aromatic nitrogens is 1. The Morgan fingerprint density at radius 2 is 2.13 bits per heavy atom. The first-order valence-electron chi connectivity index (χ1n) is 10.6. The summed E-state index contributed by atoms with van der Waals surface area (Å²) in [6.07, 6.45) is 2.91. The lowest BCUT2D eigenvalue weighted by atomic mass is 9.99. The number of amides is 1. The highest BCUT2D eigenvalue weighted by atomic mass is 32.1. The van der Waals surface area contributed by atoms with Crippen molar-refractivity contribution in [1.29, 1.82) is 0 Å². The quantitative estimate of drug-likeness (QED) is 0.606. The molecule has 0 radical (unpaired) electrons. The zero-order chi connectivity index (χ0) is 20.7. The van der Waals surface area contributed by atoms with Gasteiger partial charge in [0, 0.05) is 31.0 Å². The van der Waals surface area contributed by atoms with Gasteiger partial charge in [0.2, 0.25) is 0 Å². The third-order valence-electron chi connectivity index (χ3n) is 5.84. The van der Waals surface area contributed by atoms with Crippen LogP contribution in [0.3, 0.4) is 0 Å². The molecule has 2 aliphatic rings. The summed E-state index contributed by atoms with van der Waals surface area (Å²) >= 11 is 1.74. The summed E-state index contributed by atoms with van der Waals surface area (Å²) < 4.78 is 13.2. The van der Waals surface area contributed by atoms with Gasteiger partial charge in [0.25, 0.3) is 5.91 Å². The number of likely N-dealkylation sites (tertiary alicyclic amines) is 1. The van der Waals surface area contributed by atoms with E-state index in [1.54, 1.807) is 11.3 Å². The predicted octanol–water partition coefficient (Wildman–Crippen LogP) is 4.79. The molecule has 2 aromatic carbocycles. The van der Waals surface area contributed by atoms with Crippen LogP contribution in [0.15, 0.2) is 42.5 Å². The molecule has 0 unspecified atom stereocenters. The van der Waals surface area contributed by atoms with E-state index < -0.39 is 0 Å². The third-order valence-corrected chi connectivity index (χ3v) is 7.04. The Balaban J connectivity index is 1.24. The van der Waals surface area contributed by atoms with E-state index in [1.165, 1.54) is 4.70 Å². The van der Waals surface area contributed by atoms with Crippen molar-refractivity contribution in [2.75, 3.05) is 19.7 Å². The summed E-state index contributed by atoms with van der Waals surface area (Å²) in [5.41, 5.74) is 1.95. The Labute approximate surface area is 180 Å². The molecule has 1 saturated heterocycles. The van der Waals surface area contributed by atoms with Gasteiger partial charge in [-0.05, 0) is 44.9 Å². The molecule has 0 spiro atoms. The monoisotopic (exact) mass is 422 g/mol. The number of fused-ring (bicyclic) bond motifs is 2. The number of carbonyl (C=O) groups excluding carboxylic acids is 1. The number of nitrogens with zero attached hydrogens (tertiary/aromatic N) is 2. The molecule has 1 amide bonds. The highest BCUT2D eigenvalue weighted by molar-refractivity contribution is 7.18. The summed E-state index contributed by atoms with van der Waals surface area (Å²) in [7, 11) is 0. The van der Waals surface area contributed by atoms with Crippen molar-refractivity contribution in [2.45, 2.75) is 44.6 Å². The maximum atomic E-state index is 12.9. The summed E-state index contributed by atoms with van der Waals surface area (Å²) in [6, 6.07) is 14.1. The molecule has 0 N–H and O–H groups in total. The first-order chi connectivity index (χ1) is 14.5. The van der Waals surface area contributed by atoms with Crippen LogP contribution < -0.4 is 9.47 Å². The van der Waals surface area contributed by atoms with Gasteiger partial charge in [-0.25, -0.2) is 4.98 Å². The number of piperidine rings is 1. The largest absolute Gasteiger partial charge is 0.483 e. The van der Waals surface area contributed by atoms with Crippen molar-refractivity contribution in [3.8, 4) is 11.5 Å². The molecule has 5 rings (SSSR count). The number of para-hydroxylation sites is 2. The van der Waals surface area contributed by atoms with Gasteiger partial charge in [-0.1, -0.05) is 24.3 Å². The van der Waals surface area contributed by atoms with E-state index in [0.29, 0.717) is 18.2 Å². The molecular weight excluding hydrogens is 396 g/mol. The minimum absolute atomic E-state index is 0.0238. The predicted molar refractivity (Wildman–Crippen MR) is 119 cm³/mol. The fraction of sp³-hybridized carbons (Fsp3) is 0.417. The van der Waals surface area contributed by atoms with Crippen molar-refractivity contribution < 1.29 is 14.3 Å². The van der Waals surface area contributed by atoms with Gasteiger partial charge in [0.15, 0.2) is 18.1 Å². The molecule has 1 aromatic heterocycles. The average molecular weight is 423 g/mol.